The maximum Gasteiger partial charge on any atom is 0.222 e. The van der Waals surface area contributed by atoms with E-state index in [4.69, 9.17) is 5.26 Å². The van der Waals surface area contributed by atoms with E-state index in [9.17, 15) is 4.79 Å². The molecule has 0 radical (unpaired) electrons. The predicted octanol–water partition coefficient (Wildman–Crippen LogP) is 2.57. The Morgan fingerprint density at radius 2 is 2.12 bits per heavy atom. The van der Waals surface area contributed by atoms with Crippen LogP contribution < -0.4 is 0 Å². The van der Waals surface area contributed by atoms with Crippen LogP contribution in [0.1, 0.15) is 46.0 Å². The van der Waals surface area contributed by atoms with E-state index in [0.29, 0.717) is 18.9 Å². The summed E-state index contributed by atoms with van der Waals surface area (Å²) in [5, 5.41) is 8.76. The highest BCUT2D eigenvalue weighted by Crippen LogP contribution is 2.28. The second-order valence-electron chi connectivity index (χ2n) is 4.82. The van der Waals surface area contributed by atoms with E-state index in [-0.39, 0.29) is 11.8 Å². The third kappa shape index (κ3) is 3.84. The monoisotopic (exact) mass is 222 g/mol. The van der Waals surface area contributed by atoms with E-state index >= 15 is 0 Å². The Kier molecular flexibility index (Phi) is 5.31. The molecule has 1 fully saturated rings. The quantitative estimate of drug-likeness (QED) is 0.717. The molecule has 0 aromatic carbocycles. The van der Waals surface area contributed by atoms with Gasteiger partial charge in [-0.05, 0) is 32.6 Å². The molecule has 0 aliphatic heterocycles. The van der Waals surface area contributed by atoms with Gasteiger partial charge in [-0.1, -0.05) is 12.8 Å². The topological polar surface area (TPSA) is 44.1 Å². The van der Waals surface area contributed by atoms with Crippen molar-refractivity contribution in [3.63, 3.8) is 0 Å². The maximum atomic E-state index is 12.0. The first-order valence-corrected chi connectivity index (χ1v) is 6.34. The van der Waals surface area contributed by atoms with Gasteiger partial charge in [-0.25, -0.2) is 0 Å². The van der Waals surface area contributed by atoms with Crippen LogP contribution in [0.4, 0.5) is 0 Å². The Balaban J connectivity index is 2.39. The number of hydrogen-bond acceptors (Lipinski definition) is 2. The van der Waals surface area contributed by atoms with Crippen molar-refractivity contribution in [1.29, 1.82) is 5.26 Å². The summed E-state index contributed by atoms with van der Waals surface area (Å²) in [5.74, 6) is 0.767. The highest BCUT2D eigenvalue weighted by atomic mass is 16.2. The van der Waals surface area contributed by atoms with Crippen molar-refractivity contribution in [3.8, 4) is 6.07 Å². The standard InChI is InChI=1S/C13H22N2O/c1-3-15(10-11(2)9-14)13(16)8-12-6-4-5-7-12/h11-12H,3-8,10H2,1-2H3/t11-/m0/s1. The van der Waals surface area contributed by atoms with E-state index in [1.165, 1.54) is 25.7 Å². The van der Waals surface area contributed by atoms with Crippen LogP contribution in [-0.2, 0) is 4.79 Å². The molecule has 16 heavy (non-hydrogen) atoms. The van der Waals surface area contributed by atoms with Gasteiger partial charge in [0.05, 0.1) is 12.0 Å². The summed E-state index contributed by atoms with van der Waals surface area (Å²) < 4.78 is 0. The highest BCUT2D eigenvalue weighted by molar-refractivity contribution is 5.76. The molecule has 1 saturated carbocycles. The van der Waals surface area contributed by atoms with Gasteiger partial charge in [0.2, 0.25) is 5.91 Å². The first-order valence-electron chi connectivity index (χ1n) is 6.34. The Labute approximate surface area is 98.4 Å². The molecule has 1 rings (SSSR count). The number of carbonyl (C=O) groups is 1. The SMILES string of the molecule is CCN(C[C@@H](C)C#N)C(=O)CC1CCCC1. The number of carbonyl (C=O) groups excluding carboxylic acids is 1. The zero-order valence-corrected chi connectivity index (χ0v) is 10.4. The molecule has 0 spiro atoms. The zero-order chi connectivity index (χ0) is 12.0. The fraction of sp³-hybridized carbons (Fsp3) is 0.846. The van der Waals surface area contributed by atoms with Gasteiger partial charge in [-0.15, -0.1) is 0 Å². The van der Waals surface area contributed by atoms with Gasteiger partial charge >= 0.3 is 0 Å². The Hall–Kier alpha value is -1.04. The Bertz CT molecular complexity index is 264. The minimum absolute atomic E-state index is 0.0625. The number of rotatable bonds is 5. The molecule has 0 aromatic heterocycles. The summed E-state index contributed by atoms with van der Waals surface area (Å²) in [7, 11) is 0. The van der Waals surface area contributed by atoms with E-state index in [1.807, 2.05) is 18.7 Å². The van der Waals surface area contributed by atoms with Crippen LogP contribution in [0.3, 0.4) is 0 Å². The van der Waals surface area contributed by atoms with Crippen molar-refractivity contribution >= 4 is 5.91 Å². The lowest BCUT2D eigenvalue weighted by Crippen LogP contribution is -2.35. The van der Waals surface area contributed by atoms with E-state index in [1.54, 1.807) is 0 Å². The Morgan fingerprint density at radius 3 is 2.62 bits per heavy atom. The van der Waals surface area contributed by atoms with Crippen molar-refractivity contribution in [2.45, 2.75) is 46.0 Å². The van der Waals surface area contributed by atoms with Gasteiger partial charge in [-0.2, -0.15) is 5.26 Å². The molecule has 0 N–H and O–H groups in total. The lowest BCUT2D eigenvalue weighted by atomic mass is 10.0. The van der Waals surface area contributed by atoms with E-state index < -0.39 is 0 Å². The predicted molar refractivity (Wildman–Crippen MR) is 63.6 cm³/mol. The summed E-state index contributed by atoms with van der Waals surface area (Å²) in [5.41, 5.74) is 0. The largest absolute Gasteiger partial charge is 0.342 e. The average molecular weight is 222 g/mol. The minimum Gasteiger partial charge on any atom is -0.342 e. The van der Waals surface area contributed by atoms with Crippen molar-refractivity contribution in [2.24, 2.45) is 11.8 Å². The van der Waals surface area contributed by atoms with Crippen LogP contribution in [0, 0.1) is 23.2 Å². The first kappa shape index (κ1) is 13.0. The van der Waals surface area contributed by atoms with Crippen LogP contribution in [0.25, 0.3) is 0 Å². The summed E-state index contributed by atoms with van der Waals surface area (Å²) in [6, 6.07) is 2.18. The van der Waals surface area contributed by atoms with Crippen molar-refractivity contribution in [3.05, 3.63) is 0 Å². The third-order valence-corrected chi connectivity index (χ3v) is 3.39. The first-order chi connectivity index (χ1) is 7.67. The Morgan fingerprint density at radius 1 is 1.50 bits per heavy atom. The summed E-state index contributed by atoms with van der Waals surface area (Å²) in [6.07, 6.45) is 5.65. The van der Waals surface area contributed by atoms with Crippen LogP contribution in [-0.4, -0.2) is 23.9 Å². The summed E-state index contributed by atoms with van der Waals surface area (Å²) >= 11 is 0. The molecule has 90 valence electrons. The number of amides is 1. The summed E-state index contributed by atoms with van der Waals surface area (Å²) in [6.45, 7) is 5.15. The van der Waals surface area contributed by atoms with Gasteiger partial charge in [0.1, 0.15) is 0 Å². The molecule has 3 heteroatoms. The van der Waals surface area contributed by atoms with Gasteiger partial charge in [-0.3, -0.25) is 4.79 Å². The van der Waals surface area contributed by atoms with Gasteiger partial charge in [0.15, 0.2) is 0 Å². The molecule has 0 heterocycles. The molecule has 1 atom stereocenters. The van der Waals surface area contributed by atoms with Crippen LogP contribution >= 0.6 is 0 Å². The lowest BCUT2D eigenvalue weighted by Gasteiger charge is -2.23. The number of hydrogen-bond donors (Lipinski definition) is 0. The summed E-state index contributed by atoms with van der Waals surface area (Å²) in [4.78, 5) is 13.8. The van der Waals surface area contributed by atoms with E-state index in [2.05, 4.69) is 6.07 Å². The average Bonchev–Trinajstić information content (AvgIpc) is 2.77. The molecule has 0 unspecified atom stereocenters. The van der Waals surface area contributed by atoms with Gasteiger partial charge < -0.3 is 4.90 Å². The van der Waals surface area contributed by atoms with Gasteiger partial charge in [0, 0.05) is 19.5 Å². The minimum atomic E-state index is -0.0625. The zero-order valence-electron chi connectivity index (χ0n) is 10.4. The molecular formula is C13H22N2O. The molecule has 3 nitrogen and oxygen atoms in total. The smallest absolute Gasteiger partial charge is 0.222 e. The van der Waals surface area contributed by atoms with Crippen molar-refractivity contribution in [2.75, 3.05) is 13.1 Å². The number of nitrogens with zero attached hydrogens (tertiary/aromatic N) is 2. The molecule has 0 saturated heterocycles. The third-order valence-electron chi connectivity index (χ3n) is 3.39. The van der Waals surface area contributed by atoms with Crippen molar-refractivity contribution < 1.29 is 4.79 Å². The maximum absolute atomic E-state index is 12.0. The molecule has 1 aliphatic rings. The second-order valence-corrected chi connectivity index (χ2v) is 4.82. The van der Waals surface area contributed by atoms with E-state index in [0.717, 1.165) is 6.54 Å². The molecule has 0 bridgehead atoms. The fourth-order valence-electron chi connectivity index (χ4n) is 2.37. The lowest BCUT2D eigenvalue weighted by molar-refractivity contribution is -0.132. The molecule has 0 aromatic rings. The van der Waals surface area contributed by atoms with Crippen LogP contribution in [0.2, 0.25) is 0 Å². The highest BCUT2D eigenvalue weighted by Gasteiger charge is 2.22. The van der Waals surface area contributed by atoms with Crippen LogP contribution in [0.15, 0.2) is 0 Å². The number of nitriles is 1. The molecule has 1 aliphatic carbocycles. The molecular weight excluding hydrogens is 200 g/mol. The van der Waals surface area contributed by atoms with Crippen LogP contribution in [0.5, 0.6) is 0 Å². The van der Waals surface area contributed by atoms with Gasteiger partial charge in [0.25, 0.3) is 0 Å². The fourth-order valence-corrected chi connectivity index (χ4v) is 2.37. The second kappa shape index (κ2) is 6.52. The van der Waals surface area contributed by atoms with Crippen molar-refractivity contribution in [1.82, 2.24) is 4.90 Å². The molecule has 1 amide bonds. The normalized spacial score (nSPS) is 18.1.